The number of aryl methyl sites for hydroxylation is 1. The highest BCUT2D eigenvalue weighted by atomic mass is 32.2. The van der Waals surface area contributed by atoms with E-state index in [-0.39, 0.29) is 0 Å². The van der Waals surface area contributed by atoms with Crippen molar-refractivity contribution in [1.82, 2.24) is 0 Å². The molecule has 1 aromatic carbocycles. The van der Waals surface area contributed by atoms with Crippen LogP contribution in [0.25, 0.3) is 0 Å². The van der Waals surface area contributed by atoms with Crippen LogP contribution in [0.4, 0.5) is 0 Å². The zero-order chi connectivity index (χ0) is 12.5. The van der Waals surface area contributed by atoms with Gasteiger partial charge in [-0.25, -0.2) is 0 Å². The van der Waals surface area contributed by atoms with E-state index in [1.165, 1.54) is 23.3 Å². The lowest BCUT2D eigenvalue weighted by Crippen LogP contribution is -2.48. The summed E-state index contributed by atoms with van der Waals surface area (Å²) in [5, 5.41) is 0. The summed E-state index contributed by atoms with van der Waals surface area (Å²) in [5.74, 6) is 1.67. The summed E-state index contributed by atoms with van der Waals surface area (Å²) >= 11 is 2.00. The lowest BCUT2D eigenvalue weighted by molar-refractivity contribution is 0.176. The monoisotopic (exact) mass is 249 g/mol. The van der Waals surface area contributed by atoms with E-state index < -0.39 is 0 Å². The fraction of sp³-hybridized carbons (Fsp3) is 0.600. The van der Waals surface area contributed by atoms with Crippen molar-refractivity contribution in [1.29, 1.82) is 0 Å². The van der Waals surface area contributed by atoms with Crippen molar-refractivity contribution in [2.24, 2.45) is 17.6 Å². The molecule has 1 aromatic rings. The maximum atomic E-state index is 6.01. The van der Waals surface area contributed by atoms with E-state index >= 15 is 0 Å². The number of thioether (sulfide) groups is 1. The van der Waals surface area contributed by atoms with E-state index in [0.717, 1.165) is 18.4 Å². The molecule has 1 aliphatic carbocycles. The molecule has 1 aliphatic rings. The molecule has 0 aromatic heterocycles. The first kappa shape index (κ1) is 13.0. The minimum absolute atomic E-state index is 0.307. The Hall–Kier alpha value is -0.470. The smallest absolute Gasteiger partial charge is 0.0334 e. The largest absolute Gasteiger partial charge is 0.329 e. The van der Waals surface area contributed by atoms with Gasteiger partial charge in [-0.2, -0.15) is 0 Å². The molecule has 0 spiro atoms. The Kier molecular flexibility index (Phi) is 3.84. The van der Waals surface area contributed by atoms with Gasteiger partial charge in [-0.15, -0.1) is 11.8 Å². The van der Waals surface area contributed by atoms with Crippen LogP contribution in [0.3, 0.4) is 0 Å². The Morgan fingerprint density at radius 2 is 2.00 bits per heavy atom. The molecular weight excluding hydrogens is 226 g/mol. The van der Waals surface area contributed by atoms with Crippen LogP contribution in [-0.2, 0) is 0 Å². The standard InChI is InChI=1S/C15H23NS/c1-11(2)13-8-15(9-13,10-16)17-14-7-5-4-6-12(14)3/h4-7,11,13H,8-10,16H2,1-3H3. The first-order chi connectivity index (χ1) is 8.06. The highest BCUT2D eigenvalue weighted by molar-refractivity contribution is 8.00. The number of hydrogen-bond donors (Lipinski definition) is 1. The maximum Gasteiger partial charge on any atom is 0.0334 e. The van der Waals surface area contributed by atoms with Gasteiger partial charge in [0.1, 0.15) is 0 Å². The highest BCUT2D eigenvalue weighted by Crippen LogP contribution is 2.52. The van der Waals surface area contributed by atoms with E-state index in [0.29, 0.717) is 4.75 Å². The normalized spacial score (nSPS) is 28.2. The van der Waals surface area contributed by atoms with Crippen LogP contribution in [0, 0.1) is 18.8 Å². The van der Waals surface area contributed by atoms with E-state index in [2.05, 4.69) is 45.0 Å². The van der Waals surface area contributed by atoms with Crippen molar-refractivity contribution in [2.45, 2.75) is 43.3 Å². The van der Waals surface area contributed by atoms with Crippen LogP contribution in [0.5, 0.6) is 0 Å². The van der Waals surface area contributed by atoms with Gasteiger partial charge in [0.15, 0.2) is 0 Å². The molecule has 1 saturated carbocycles. The Morgan fingerprint density at radius 3 is 2.53 bits per heavy atom. The Balaban J connectivity index is 2.05. The Bertz CT molecular complexity index is 380. The van der Waals surface area contributed by atoms with Crippen LogP contribution in [0.15, 0.2) is 29.2 Å². The van der Waals surface area contributed by atoms with Gasteiger partial charge in [0.25, 0.3) is 0 Å². The van der Waals surface area contributed by atoms with Crippen molar-refractivity contribution in [2.75, 3.05) is 6.54 Å². The predicted molar refractivity (Wildman–Crippen MR) is 76.4 cm³/mol. The summed E-state index contributed by atoms with van der Waals surface area (Å²) in [6.07, 6.45) is 2.56. The van der Waals surface area contributed by atoms with E-state index in [1.807, 2.05) is 11.8 Å². The number of benzene rings is 1. The van der Waals surface area contributed by atoms with E-state index in [9.17, 15) is 0 Å². The van der Waals surface area contributed by atoms with Crippen LogP contribution < -0.4 is 5.73 Å². The third kappa shape index (κ3) is 2.69. The fourth-order valence-corrected chi connectivity index (χ4v) is 4.08. The van der Waals surface area contributed by atoms with Gasteiger partial charge in [0.2, 0.25) is 0 Å². The molecule has 2 N–H and O–H groups in total. The minimum Gasteiger partial charge on any atom is -0.329 e. The average molecular weight is 249 g/mol. The third-order valence-electron chi connectivity index (χ3n) is 4.00. The van der Waals surface area contributed by atoms with Gasteiger partial charge in [-0.1, -0.05) is 32.0 Å². The van der Waals surface area contributed by atoms with Crippen molar-refractivity contribution in [3.63, 3.8) is 0 Å². The second-order valence-electron chi connectivity index (χ2n) is 5.67. The third-order valence-corrected chi connectivity index (χ3v) is 5.61. The summed E-state index contributed by atoms with van der Waals surface area (Å²) in [6.45, 7) is 7.63. The summed E-state index contributed by atoms with van der Waals surface area (Å²) in [4.78, 5) is 1.40. The van der Waals surface area contributed by atoms with Crippen molar-refractivity contribution < 1.29 is 0 Å². The molecule has 2 heteroatoms. The van der Waals surface area contributed by atoms with Gasteiger partial charge in [-0.05, 0) is 43.2 Å². The van der Waals surface area contributed by atoms with Crippen LogP contribution >= 0.6 is 11.8 Å². The fourth-order valence-electron chi connectivity index (χ4n) is 2.56. The van der Waals surface area contributed by atoms with Crippen molar-refractivity contribution in [3.8, 4) is 0 Å². The molecule has 0 bridgehead atoms. The molecule has 1 nitrogen and oxygen atoms in total. The van der Waals surface area contributed by atoms with Crippen molar-refractivity contribution in [3.05, 3.63) is 29.8 Å². The van der Waals surface area contributed by atoms with Crippen LogP contribution in [0.1, 0.15) is 32.3 Å². The van der Waals surface area contributed by atoms with Gasteiger partial charge < -0.3 is 5.73 Å². The SMILES string of the molecule is Cc1ccccc1SC1(CN)CC(C(C)C)C1. The van der Waals surface area contributed by atoms with E-state index in [4.69, 9.17) is 5.73 Å². The topological polar surface area (TPSA) is 26.0 Å². The zero-order valence-electron chi connectivity index (χ0n) is 11.1. The quantitative estimate of drug-likeness (QED) is 0.877. The maximum absolute atomic E-state index is 6.01. The van der Waals surface area contributed by atoms with Crippen LogP contribution in [-0.4, -0.2) is 11.3 Å². The average Bonchev–Trinajstić information content (AvgIpc) is 2.25. The first-order valence-electron chi connectivity index (χ1n) is 6.51. The molecule has 0 unspecified atom stereocenters. The molecule has 0 aliphatic heterocycles. The summed E-state index contributed by atoms with van der Waals surface area (Å²) in [7, 11) is 0. The summed E-state index contributed by atoms with van der Waals surface area (Å²) in [6, 6.07) is 8.63. The highest BCUT2D eigenvalue weighted by Gasteiger charge is 2.45. The molecule has 0 saturated heterocycles. The van der Waals surface area contributed by atoms with Crippen LogP contribution in [0.2, 0.25) is 0 Å². The predicted octanol–water partition coefficient (Wildman–Crippen LogP) is 3.85. The second-order valence-corrected chi connectivity index (χ2v) is 7.18. The molecular formula is C15H23NS. The molecule has 2 rings (SSSR count). The minimum atomic E-state index is 0.307. The zero-order valence-corrected chi connectivity index (χ0v) is 11.9. The molecule has 0 atom stereocenters. The molecule has 0 heterocycles. The van der Waals surface area contributed by atoms with E-state index in [1.54, 1.807) is 0 Å². The second kappa shape index (κ2) is 5.03. The number of nitrogens with two attached hydrogens (primary N) is 1. The van der Waals surface area contributed by atoms with Gasteiger partial charge in [0, 0.05) is 16.2 Å². The Morgan fingerprint density at radius 1 is 1.35 bits per heavy atom. The number of rotatable bonds is 4. The van der Waals surface area contributed by atoms with Gasteiger partial charge in [-0.3, -0.25) is 0 Å². The van der Waals surface area contributed by atoms with Crippen molar-refractivity contribution >= 4 is 11.8 Å². The molecule has 17 heavy (non-hydrogen) atoms. The Labute approximate surface area is 109 Å². The van der Waals surface area contributed by atoms with Gasteiger partial charge >= 0.3 is 0 Å². The summed E-state index contributed by atoms with van der Waals surface area (Å²) < 4.78 is 0.307. The first-order valence-corrected chi connectivity index (χ1v) is 7.33. The summed E-state index contributed by atoms with van der Waals surface area (Å²) in [5.41, 5.74) is 7.38. The molecule has 94 valence electrons. The molecule has 0 radical (unpaired) electrons. The molecule has 1 fully saturated rings. The lowest BCUT2D eigenvalue weighted by atomic mass is 9.69. The number of hydrogen-bond acceptors (Lipinski definition) is 2. The van der Waals surface area contributed by atoms with Gasteiger partial charge in [0.05, 0.1) is 0 Å². The molecule has 0 amide bonds. The lowest BCUT2D eigenvalue weighted by Gasteiger charge is -2.48.